The molecule has 1 atom stereocenters. The van der Waals surface area contributed by atoms with Crippen molar-refractivity contribution in [2.45, 2.75) is 18.9 Å². The maximum absolute atomic E-state index is 12.1. The molecule has 0 unspecified atom stereocenters. The largest absolute Gasteiger partial charge is 0.365 e. The van der Waals surface area contributed by atoms with Gasteiger partial charge in [0.1, 0.15) is 0 Å². The lowest BCUT2D eigenvalue weighted by molar-refractivity contribution is -0.121. The van der Waals surface area contributed by atoms with Crippen molar-refractivity contribution in [2.24, 2.45) is 0 Å². The van der Waals surface area contributed by atoms with Crippen LogP contribution in [0.3, 0.4) is 0 Å². The molecule has 0 radical (unpaired) electrons. The number of rotatable bonds is 4. The van der Waals surface area contributed by atoms with Crippen LogP contribution >= 0.6 is 0 Å². The minimum atomic E-state index is -3.01. The van der Waals surface area contributed by atoms with E-state index in [1.807, 2.05) is 42.3 Å². The second-order valence-electron chi connectivity index (χ2n) is 5.64. The van der Waals surface area contributed by atoms with Crippen LogP contribution in [0.15, 0.2) is 30.3 Å². The molecule has 1 aliphatic heterocycles. The van der Waals surface area contributed by atoms with Crippen LogP contribution in [0.5, 0.6) is 0 Å². The molecule has 0 aliphatic carbocycles. The van der Waals surface area contributed by atoms with E-state index < -0.39 is 15.4 Å². The summed E-state index contributed by atoms with van der Waals surface area (Å²) in [5, 5.41) is 2.85. The molecular formula is C14H20N2O3S. The highest BCUT2D eigenvalue weighted by Crippen LogP contribution is 2.22. The Hall–Kier alpha value is -1.56. The van der Waals surface area contributed by atoms with Crippen LogP contribution in [-0.4, -0.2) is 45.0 Å². The van der Waals surface area contributed by atoms with Gasteiger partial charge in [0.05, 0.1) is 23.6 Å². The van der Waals surface area contributed by atoms with Crippen LogP contribution in [0.1, 0.15) is 13.3 Å². The van der Waals surface area contributed by atoms with E-state index in [0.29, 0.717) is 6.42 Å². The van der Waals surface area contributed by atoms with Crippen molar-refractivity contribution in [1.82, 2.24) is 5.32 Å². The molecule has 1 N–H and O–H groups in total. The van der Waals surface area contributed by atoms with Gasteiger partial charge in [0, 0.05) is 12.7 Å². The first kappa shape index (κ1) is 14.8. The van der Waals surface area contributed by atoms with E-state index >= 15 is 0 Å². The molecule has 1 saturated heterocycles. The Labute approximate surface area is 119 Å². The molecular weight excluding hydrogens is 276 g/mol. The van der Waals surface area contributed by atoms with Gasteiger partial charge >= 0.3 is 0 Å². The predicted molar refractivity (Wildman–Crippen MR) is 79.5 cm³/mol. The molecule has 1 amide bonds. The summed E-state index contributed by atoms with van der Waals surface area (Å²) in [7, 11) is -1.17. The van der Waals surface area contributed by atoms with Gasteiger partial charge in [-0.3, -0.25) is 4.79 Å². The molecule has 5 nitrogen and oxygen atoms in total. The average molecular weight is 296 g/mol. The molecule has 1 aromatic carbocycles. The number of likely N-dealkylation sites (N-methyl/N-ethyl adjacent to an activating group) is 1. The summed E-state index contributed by atoms with van der Waals surface area (Å²) < 4.78 is 23.0. The molecule has 0 bridgehead atoms. The van der Waals surface area contributed by atoms with Gasteiger partial charge in [-0.25, -0.2) is 8.42 Å². The minimum absolute atomic E-state index is 0.0286. The van der Waals surface area contributed by atoms with E-state index in [4.69, 9.17) is 0 Å². The number of carbonyl (C=O) groups is 1. The summed E-state index contributed by atoms with van der Waals surface area (Å²) in [6.07, 6.45) is 0.482. The molecule has 1 aliphatic rings. The van der Waals surface area contributed by atoms with Gasteiger partial charge in [-0.15, -0.1) is 0 Å². The van der Waals surface area contributed by atoms with Crippen molar-refractivity contribution in [2.75, 3.05) is 30.0 Å². The van der Waals surface area contributed by atoms with Gasteiger partial charge in [-0.1, -0.05) is 18.2 Å². The summed E-state index contributed by atoms with van der Waals surface area (Å²) in [6, 6.07) is 9.59. The molecule has 110 valence electrons. The monoisotopic (exact) mass is 296 g/mol. The van der Waals surface area contributed by atoms with Crippen molar-refractivity contribution in [3.63, 3.8) is 0 Å². The van der Waals surface area contributed by atoms with Crippen LogP contribution in [0.4, 0.5) is 5.69 Å². The number of hydrogen-bond donors (Lipinski definition) is 1. The first-order valence-corrected chi connectivity index (χ1v) is 8.39. The third-order valence-corrected chi connectivity index (χ3v) is 5.43. The summed E-state index contributed by atoms with van der Waals surface area (Å²) >= 11 is 0. The minimum Gasteiger partial charge on any atom is -0.365 e. The standard InChI is InChI=1S/C14H20N2O3S/c1-14(8-9-20(18,19)11-14)15-13(17)10-16(2)12-6-4-3-5-7-12/h3-7H,8-11H2,1-2H3,(H,15,17)/t14-/m1/s1. The third kappa shape index (κ3) is 3.72. The van der Waals surface area contributed by atoms with Crippen LogP contribution in [0, 0.1) is 0 Å². The highest BCUT2D eigenvalue weighted by atomic mass is 32.2. The summed E-state index contributed by atoms with van der Waals surface area (Å²) in [4.78, 5) is 13.9. The number of carbonyl (C=O) groups excluding carboxylic acids is 1. The van der Waals surface area contributed by atoms with E-state index in [9.17, 15) is 13.2 Å². The fraction of sp³-hybridized carbons (Fsp3) is 0.500. The Morgan fingerprint density at radius 3 is 2.55 bits per heavy atom. The second-order valence-corrected chi connectivity index (χ2v) is 7.83. The number of nitrogens with one attached hydrogen (secondary N) is 1. The lowest BCUT2D eigenvalue weighted by Gasteiger charge is -2.26. The van der Waals surface area contributed by atoms with E-state index in [2.05, 4.69) is 5.32 Å². The van der Waals surface area contributed by atoms with E-state index in [1.54, 1.807) is 6.92 Å². The molecule has 0 saturated carbocycles. The normalized spacial score (nSPS) is 24.3. The fourth-order valence-corrected chi connectivity index (χ4v) is 4.57. The zero-order valence-corrected chi connectivity index (χ0v) is 12.6. The van der Waals surface area contributed by atoms with Crippen LogP contribution in [0.2, 0.25) is 0 Å². The van der Waals surface area contributed by atoms with Crippen molar-refractivity contribution in [1.29, 1.82) is 0 Å². The number of nitrogens with zero attached hydrogens (tertiary/aromatic N) is 1. The SMILES string of the molecule is CN(CC(=O)N[C@]1(C)CCS(=O)(=O)C1)c1ccccc1. The smallest absolute Gasteiger partial charge is 0.239 e. The highest BCUT2D eigenvalue weighted by molar-refractivity contribution is 7.91. The number of hydrogen-bond acceptors (Lipinski definition) is 4. The molecule has 1 fully saturated rings. The molecule has 0 spiro atoms. The third-order valence-electron chi connectivity index (χ3n) is 3.52. The van der Waals surface area contributed by atoms with Crippen molar-refractivity contribution in [3.8, 4) is 0 Å². The Morgan fingerprint density at radius 2 is 2.00 bits per heavy atom. The van der Waals surface area contributed by atoms with Crippen LogP contribution in [0.25, 0.3) is 0 Å². The number of amides is 1. The summed E-state index contributed by atoms with van der Waals surface area (Å²) in [6.45, 7) is 2.00. The number of benzene rings is 1. The Morgan fingerprint density at radius 1 is 1.35 bits per heavy atom. The molecule has 1 aromatic rings. The van der Waals surface area contributed by atoms with Crippen LogP contribution < -0.4 is 10.2 Å². The Kier molecular flexibility index (Phi) is 4.04. The molecule has 2 rings (SSSR count). The predicted octanol–water partition coefficient (Wildman–Crippen LogP) is 0.816. The van der Waals surface area contributed by atoms with Gasteiger partial charge in [-0.2, -0.15) is 0 Å². The lowest BCUT2D eigenvalue weighted by Crippen LogP contribution is -2.50. The van der Waals surface area contributed by atoms with E-state index in [-0.39, 0.29) is 24.0 Å². The lowest BCUT2D eigenvalue weighted by atomic mass is 10.0. The van der Waals surface area contributed by atoms with Crippen molar-refractivity contribution >= 4 is 21.4 Å². The summed E-state index contributed by atoms with van der Waals surface area (Å²) in [5.41, 5.74) is 0.319. The maximum Gasteiger partial charge on any atom is 0.239 e. The van der Waals surface area contributed by atoms with Gasteiger partial charge in [-0.05, 0) is 25.5 Å². The number of anilines is 1. The van der Waals surface area contributed by atoms with Crippen molar-refractivity contribution in [3.05, 3.63) is 30.3 Å². The zero-order chi connectivity index (χ0) is 14.8. The van der Waals surface area contributed by atoms with Gasteiger partial charge < -0.3 is 10.2 Å². The maximum atomic E-state index is 12.1. The van der Waals surface area contributed by atoms with Crippen LogP contribution in [-0.2, 0) is 14.6 Å². The highest BCUT2D eigenvalue weighted by Gasteiger charge is 2.39. The second kappa shape index (κ2) is 5.44. The Balaban J connectivity index is 1.93. The Bertz CT molecular complexity index is 586. The fourth-order valence-electron chi connectivity index (χ4n) is 2.47. The van der Waals surface area contributed by atoms with E-state index in [1.165, 1.54) is 0 Å². The quantitative estimate of drug-likeness (QED) is 0.893. The van der Waals surface area contributed by atoms with Gasteiger partial charge in [0.25, 0.3) is 0 Å². The van der Waals surface area contributed by atoms with Gasteiger partial charge in [0.2, 0.25) is 5.91 Å². The van der Waals surface area contributed by atoms with Gasteiger partial charge in [0.15, 0.2) is 9.84 Å². The molecule has 1 heterocycles. The molecule has 6 heteroatoms. The first-order valence-electron chi connectivity index (χ1n) is 6.57. The number of para-hydroxylation sites is 1. The zero-order valence-electron chi connectivity index (χ0n) is 11.8. The molecule has 20 heavy (non-hydrogen) atoms. The van der Waals surface area contributed by atoms with Crippen molar-refractivity contribution < 1.29 is 13.2 Å². The summed E-state index contributed by atoms with van der Waals surface area (Å²) in [5.74, 6) is 0.0231. The van der Waals surface area contributed by atoms with E-state index in [0.717, 1.165) is 5.69 Å². The topological polar surface area (TPSA) is 66.5 Å². The average Bonchev–Trinajstić information content (AvgIpc) is 2.64. The molecule has 0 aromatic heterocycles. The number of sulfone groups is 1. The first-order chi connectivity index (χ1) is 9.30.